The lowest BCUT2D eigenvalue weighted by Gasteiger charge is -2.34. The standard InChI is InChI=1S/C15H22N4O2/c1-4-11-5-7-15(16,8-6-11)14-18-13(21-19-14)12-9(2)17-10(3)20-12/h11H,4-8,16H2,1-3H3. The molecule has 114 valence electrons. The molecule has 1 fully saturated rings. The molecule has 2 heterocycles. The maximum atomic E-state index is 6.50. The molecule has 0 aliphatic heterocycles. The smallest absolute Gasteiger partial charge is 0.295 e. The Hall–Kier alpha value is -1.69. The van der Waals surface area contributed by atoms with E-state index in [4.69, 9.17) is 14.7 Å². The zero-order valence-electron chi connectivity index (χ0n) is 12.8. The maximum absolute atomic E-state index is 6.50. The van der Waals surface area contributed by atoms with Gasteiger partial charge < -0.3 is 14.7 Å². The SMILES string of the molecule is CCC1CCC(N)(c2noc(-c3oc(C)nc3C)n2)CC1. The molecule has 2 aromatic heterocycles. The van der Waals surface area contributed by atoms with Crippen LogP contribution in [0.1, 0.15) is 56.4 Å². The number of nitrogens with zero attached hydrogens (tertiary/aromatic N) is 3. The fraction of sp³-hybridized carbons (Fsp3) is 0.667. The van der Waals surface area contributed by atoms with Crippen LogP contribution in [0.2, 0.25) is 0 Å². The van der Waals surface area contributed by atoms with Gasteiger partial charge in [0.2, 0.25) is 5.76 Å². The van der Waals surface area contributed by atoms with Gasteiger partial charge in [-0.2, -0.15) is 4.98 Å². The summed E-state index contributed by atoms with van der Waals surface area (Å²) < 4.78 is 10.9. The van der Waals surface area contributed by atoms with E-state index in [0.29, 0.717) is 23.4 Å². The van der Waals surface area contributed by atoms with Crippen molar-refractivity contribution in [2.75, 3.05) is 0 Å². The zero-order valence-corrected chi connectivity index (χ0v) is 12.8. The van der Waals surface area contributed by atoms with Gasteiger partial charge in [-0.05, 0) is 38.5 Å². The van der Waals surface area contributed by atoms with E-state index in [1.54, 1.807) is 6.92 Å². The van der Waals surface area contributed by atoms with E-state index in [0.717, 1.165) is 37.3 Å². The molecule has 0 amide bonds. The molecule has 3 rings (SSSR count). The average Bonchev–Trinajstić information content (AvgIpc) is 3.06. The third-order valence-corrected chi connectivity index (χ3v) is 4.54. The highest BCUT2D eigenvalue weighted by molar-refractivity contribution is 5.47. The molecule has 0 unspecified atom stereocenters. The molecule has 0 spiro atoms. The predicted octanol–water partition coefficient (Wildman–Crippen LogP) is 3.10. The van der Waals surface area contributed by atoms with Crippen molar-refractivity contribution in [3.05, 3.63) is 17.4 Å². The first-order valence-electron chi connectivity index (χ1n) is 7.59. The summed E-state index contributed by atoms with van der Waals surface area (Å²) in [4.78, 5) is 8.69. The number of aryl methyl sites for hydroxylation is 2. The Balaban J connectivity index is 1.83. The van der Waals surface area contributed by atoms with E-state index in [1.165, 1.54) is 6.42 Å². The van der Waals surface area contributed by atoms with Gasteiger partial charge in [-0.3, -0.25) is 0 Å². The molecule has 0 saturated heterocycles. The second-order valence-corrected chi connectivity index (χ2v) is 6.08. The third kappa shape index (κ3) is 2.60. The Kier molecular flexibility index (Phi) is 3.57. The van der Waals surface area contributed by atoms with Gasteiger partial charge in [0.15, 0.2) is 11.7 Å². The summed E-state index contributed by atoms with van der Waals surface area (Å²) in [5.74, 6) is 2.85. The van der Waals surface area contributed by atoms with Gasteiger partial charge in [-0.15, -0.1) is 0 Å². The van der Waals surface area contributed by atoms with E-state index >= 15 is 0 Å². The lowest BCUT2D eigenvalue weighted by molar-refractivity contribution is 0.216. The molecule has 0 aromatic carbocycles. The Bertz CT molecular complexity index is 623. The van der Waals surface area contributed by atoms with E-state index in [2.05, 4.69) is 22.0 Å². The van der Waals surface area contributed by atoms with Crippen molar-refractivity contribution in [2.45, 2.75) is 58.4 Å². The predicted molar refractivity (Wildman–Crippen MR) is 77.4 cm³/mol. The molecule has 0 radical (unpaired) electrons. The van der Waals surface area contributed by atoms with Gasteiger partial charge in [0, 0.05) is 6.92 Å². The summed E-state index contributed by atoms with van der Waals surface area (Å²) in [5, 5.41) is 4.09. The van der Waals surface area contributed by atoms with E-state index in [-0.39, 0.29) is 0 Å². The molecule has 0 atom stereocenters. The fourth-order valence-corrected chi connectivity index (χ4v) is 3.07. The number of hydrogen-bond donors (Lipinski definition) is 1. The summed E-state index contributed by atoms with van der Waals surface area (Å²) in [6.07, 6.45) is 5.26. The van der Waals surface area contributed by atoms with Gasteiger partial charge in [-0.1, -0.05) is 18.5 Å². The molecule has 0 bridgehead atoms. The number of oxazole rings is 1. The Labute approximate surface area is 124 Å². The number of hydrogen-bond acceptors (Lipinski definition) is 6. The summed E-state index contributed by atoms with van der Waals surface area (Å²) in [6, 6.07) is 0. The van der Waals surface area contributed by atoms with Crippen molar-refractivity contribution in [1.82, 2.24) is 15.1 Å². The van der Waals surface area contributed by atoms with E-state index in [9.17, 15) is 0 Å². The van der Waals surface area contributed by atoms with Gasteiger partial charge in [0.25, 0.3) is 5.89 Å². The Morgan fingerprint density at radius 3 is 2.52 bits per heavy atom. The molecular formula is C15H22N4O2. The van der Waals surface area contributed by atoms with Crippen LogP contribution in [-0.2, 0) is 5.54 Å². The molecule has 6 nitrogen and oxygen atoms in total. The highest BCUT2D eigenvalue weighted by Gasteiger charge is 2.37. The second-order valence-electron chi connectivity index (χ2n) is 6.08. The quantitative estimate of drug-likeness (QED) is 0.934. The minimum absolute atomic E-state index is 0.366. The summed E-state index contributed by atoms with van der Waals surface area (Å²) in [5.41, 5.74) is 6.78. The van der Waals surface area contributed by atoms with Gasteiger partial charge in [0.05, 0.1) is 11.2 Å². The third-order valence-electron chi connectivity index (χ3n) is 4.54. The Morgan fingerprint density at radius 2 is 1.95 bits per heavy atom. The van der Waals surface area contributed by atoms with Crippen LogP contribution in [0.15, 0.2) is 8.94 Å². The molecule has 1 saturated carbocycles. The first-order valence-corrected chi connectivity index (χ1v) is 7.59. The Morgan fingerprint density at radius 1 is 1.24 bits per heavy atom. The van der Waals surface area contributed by atoms with E-state index in [1.807, 2.05) is 6.92 Å². The maximum Gasteiger partial charge on any atom is 0.295 e. The van der Waals surface area contributed by atoms with Crippen LogP contribution in [0.5, 0.6) is 0 Å². The highest BCUT2D eigenvalue weighted by atomic mass is 16.5. The first-order chi connectivity index (χ1) is 10.0. The topological polar surface area (TPSA) is 91.0 Å². The van der Waals surface area contributed by atoms with Crippen LogP contribution in [0, 0.1) is 19.8 Å². The molecule has 1 aliphatic rings. The van der Waals surface area contributed by atoms with Crippen molar-refractivity contribution in [2.24, 2.45) is 11.7 Å². The fourth-order valence-electron chi connectivity index (χ4n) is 3.07. The average molecular weight is 290 g/mol. The molecule has 1 aliphatic carbocycles. The zero-order chi connectivity index (χ0) is 15.0. The van der Waals surface area contributed by atoms with Crippen molar-refractivity contribution < 1.29 is 8.94 Å². The molecule has 2 N–H and O–H groups in total. The molecule has 21 heavy (non-hydrogen) atoms. The van der Waals surface area contributed by atoms with Crippen molar-refractivity contribution in [3.63, 3.8) is 0 Å². The van der Waals surface area contributed by atoms with Crippen molar-refractivity contribution >= 4 is 0 Å². The van der Waals surface area contributed by atoms with Gasteiger partial charge in [-0.25, -0.2) is 4.98 Å². The lowest BCUT2D eigenvalue weighted by atomic mass is 9.76. The molecule has 6 heteroatoms. The van der Waals surface area contributed by atoms with Crippen LogP contribution in [-0.4, -0.2) is 15.1 Å². The molecule has 2 aromatic rings. The number of aromatic nitrogens is 3. The number of rotatable bonds is 3. The second kappa shape index (κ2) is 5.26. The van der Waals surface area contributed by atoms with E-state index < -0.39 is 5.54 Å². The van der Waals surface area contributed by atoms with Crippen LogP contribution >= 0.6 is 0 Å². The van der Waals surface area contributed by atoms with Gasteiger partial charge >= 0.3 is 0 Å². The normalized spacial score (nSPS) is 26.2. The van der Waals surface area contributed by atoms with Crippen molar-refractivity contribution in [1.29, 1.82) is 0 Å². The monoisotopic (exact) mass is 290 g/mol. The summed E-state index contributed by atoms with van der Waals surface area (Å²) in [7, 11) is 0. The van der Waals surface area contributed by atoms with Gasteiger partial charge in [0.1, 0.15) is 0 Å². The minimum Gasteiger partial charge on any atom is -0.436 e. The van der Waals surface area contributed by atoms with Crippen LogP contribution in [0.3, 0.4) is 0 Å². The lowest BCUT2D eigenvalue weighted by Crippen LogP contribution is -2.41. The van der Waals surface area contributed by atoms with Crippen molar-refractivity contribution in [3.8, 4) is 11.7 Å². The highest BCUT2D eigenvalue weighted by Crippen LogP contribution is 2.38. The molecular weight excluding hydrogens is 268 g/mol. The van der Waals surface area contributed by atoms with Crippen LogP contribution in [0.4, 0.5) is 0 Å². The van der Waals surface area contributed by atoms with Crippen LogP contribution < -0.4 is 5.73 Å². The summed E-state index contributed by atoms with van der Waals surface area (Å²) in [6.45, 7) is 5.89. The number of nitrogens with two attached hydrogens (primary N) is 1. The minimum atomic E-state index is -0.476. The first kappa shape index (κ1) is 14.3. The van der Waals surface area contributed by atoms with Crippen LogP contribution in [0.25, 0.3) is 11.7 Å². The summed E-state index contributed by atoms with van der Waals surface area (Å²) >= 11 is 0. The largest absolute Gasteiger partial charge is 0.436 e.